The number of thiazole rings is 1. The van der Waals surface area contributed by atoms with Crippen LogP contribution < -0.4 is 4.90 Å². The molecule has 0 aliphatic carbocycles. The molecule has 2 aromatic carbocycles. The highest BCUT2D eigenvalue weighted by molar-refractivity contribution is 7.14. The molecule has 8 nitrogen and oxygen atoms in total. The lowest BCUT2D eigenvalue weighted by atomic mass is 10.1. The van der Waals surface area contributed by atoms with E-state index >= 15 is 0 Å². The fourth-order valence-corrected chi connectivity index (χ4v) is 3.84. The van der Waals surface area contributed by atoms with Crippen molar-refractivity contribution in [3.8, 4) is 0 Å². The van der Waals surface area contributed by atoms with Crippen molar-refractivity contribution in [1.29, 1.82) is 0 Å². The Labute approximate surface area is 183 Å². The monoisotopic (exact) mass is 439 g/mol. The Kier molecular flexibility index (Phi) is 6.45. The molecule has 1 aromatic heterocycles. The first-order chi connectivity index (χ1) is 14.7. The average molecular weight is 439 g/mol. The van der Waals surface area contributed by atoms with Crippen LogP contribution in [0.5, 0.6) is 0 Å². The fourth-order valence-electron chi connectivity index (χ4n) is 2.97. The zero-order valence-corrected chi connectivity index (χ0v) is 18.4. The summed E-state index contributed by atoms with van der Waals surface area (Å²) in [4.78, 5) is 40.9. The Bertz CT molecular complexity index is 1170. The Hall–Kier alpha value is -3.59. The van der Waals surface area contributed by atoms with Crippen LogP contribution in [0.1, 0.15) is 39.7 Å². The van der Waals surface area contributed by atoms with Crippen LogP contribution in [-0.4, -0.2) is 21.8 Å². The molecule has 0 spiro atoms. The van der Waals surface area contributed by atoms with Gasteiger partial charge in [-0.05, 0) is 56.2 Å². The molecule has 0 bridgehead atoms. The Morgan fingerprint density at radius 3 is 2.45 bits per heavy atom. The number of benzene rings is 2. The molecule has 0 unspecified atom stereocenters. The van der Waals surface area contributed by atoms with Gasteiger partial charge in [0.1, 0.15) is 6.61 Å². The topological polar surface area (TPSA) is 103 Å². The highest BCUT2D eigenvalue weighted by Gasteiger charge is 2.19. The average Bonchev–Trinajstić information content (AvgIpc) is 3.16. The summed E-state index contributed by atoms with van der Waals surface area (Å²) in [6.45, 7) is 6.92. The number of aryl methyl sites for hydroxylation is 3. The first-order valence-electron chi connectivity index (χ1n) is 9.42. The van der Waals surface area contributed by atoms with E-state index in [1.54, 1.807) is 12.3 Å². The third-order valence-corrected chi connectivity index (χ3v) is 5.65. The van der Waals surface area contributed by atoms with Crippen LogP contribution in [0.3, 0.4) is 0 Å². The molecule has 1 heterocycles. The molecule has 0 radical (unpaired) electrons. The van der Waals surface area contributed by atoms with Gasteiger partial charge in [0.25, 0.3) is 5.69 Å². The molecule has 0 atom stereocenters. The molecular weight excluding hydrogens is 418 g/mol. The summed E-state index contributed by atoms with van der Waals surface area (Å²) in [7, 11) is 0. The number of anilines is 2. The molecule has 1 amide bonds. The van der Waals surface area contributed by atoms with Gasteiger partial charge in [0.15, 0.2) is 5.13 Å². The second-order valence-electron chi connectivity index (χ2n) is 7.08. The number of hydrogen-bond acceptors (Lipinski definition) is 7. The molecule has 0 aliphatic rings. The van der Waals surface area contributed by atoms with E-state index < -0.39 is 10.9 Å². The maximum Gasteiger partial charge on any atom is 0.338 e. The fraction of sp³-hybridized carbons (Fsp3) is 0.227. The highest BCUT2D eigenvalue weighted by atomic mass is 32.1. The summed E-state index contributed by atoms with van der Waals surface area (Å²) < 4.78 is 5.30. The minimum absolute atomic E-state index is 0.0589. The van der Waals surface area contributed by atoms with Gasteiger partial charge in [-0.2, -0.15) is 0 Å². The molecule has 0 N–H and O–H groups in total. The van der Waals surface area contributed by atoms with E-state index in [2.05, 4.69) is 4.98 Å². The Morgan fingerprint density at radius 2 is 1.84 bits per heavy atom. The third kappa shape index (κ3) is 4.95. The predicted molar refractivity (Wildman–Crippen MR) is 118 cm³/mol. The van der Waals surface area contributed by atoms with Crippen LogP contribution in [0.25, 0.3) is 0 Å². The van der Waals surface area contributed by atoms with E-state index in [9.17, 15) is 19.7 Å². The number of nitro benzene ring substituents is 1. The second kappa shape index (κ2) is 9.05. The highest BCUT2D eigenvalue weighted by Crippen LogP contribution is 2.30. The van der Waals surface area contributed by atoms with Crippen molar-refractivity contribution in [2.45, 2.75) is 34.3 Å². The van der Waals surface area contributed by atoms with Crippen molar-refractivity contribution in [3.05, 3.63) is 79.8 Å². The van der Waals surface area contributed by atoms with Gasteiger partial charge < -0.3 is 4.74 Å². The van der Waals surface area contributed by atoms with E-state index in [0.29, 0.717) is 16.4 Å². The lowest BCUT2D eigenvalue weighted by Gasteiger charge is -2.19. The normalized spacial score (nSPS) is 10.6. The molecule has 160 valence electrons. The summed E-state index contributed by atoms with van der Waals surface area (Å²) in [6.07, 6.45) is 0. The van der Waals surface area contributed by atoms with Crippen LogP contribution in [0.2, 0.25) is 0 Å². The third-order valence-electron chi connectivity index (χ3n) is 4.77. The first-order valence-corrected chi connectivity index (χ1v) is 10.3. The number of nitro groups is 1. The molecule has 0 saturated heterocycles. The van der Waals surface area contributed by atoms with Crippen molar-refractivity contribution in [2.24, 2.45) is 0 Å². The maximum atomic E-state index is 12.3. The van der Waals surface area contributed by atoms with Crippen molar-refractivity contribution in [3.63, 3.8) is 0 Å². The van der Waals surface area contributed by atoms with Crippen LogP contribution in [0.4, 0.5) is 16.5 Å². The van der Waals surface area contributed by atoms with Crippen molar-refractivity contribution < 1.29 is 19.2 Å². The van der Waals surface area contributed by atoms with Gasteiger partial charge in [0.2, 0.25) is 5.91 Å². The van der Waals surface area contributed by atoms with E-state index in [1.165, 1.54) is 41.4 Å². The Morgan fingerprint density at radius 1 is 1.10 bits per heavy atom. The van der Waals surface area contributed by atoms with E-state index in [0.717, 1.165) is 16.8 Å². The number of carbonyl (C=O) groups is 2. The lowest BCUT2D eigenvalue weighted by molar-refractivity contribution is -0.385. The van der Waals surface area contributed by atoms with Gasteiger partial charge in [-0.3, -0.25) is 19.8 Å². The van der Waals surface area contributed by atoms with Crippen LogP contribution in [0.15, 0.2) is 41.8 Å². The van der Waals surface area contributed by atoms with Gasteiger partial charge in [-0.15, -0.1) is 11.3 Å². The molecule has 0 fully saturated rings. The predicted octanol–water partition coefficient (Wildman–Crippen LogP) is 5.02. The van der Waals surface area contributed by atoms with Crippen LogP contribution in [0, 0.1) is 30.9 Å². The summed E-state index contributed by atoms with van der Waals surface area (Å²) in [6, 6.07) is 9.79. The number of aromatic nitrogens is 1. The van der Waals surface area contributed by atoms with Gasteiger partial charge in [0.05, 0.1) is 21.9 Å². The first kappa shape index (κ1) is 22.1. The number of nitrogens with zero attached hydrogens (tertiary/aromatic N) is 3. The minimum atomic E-state index is -0.606. The van der Waals surface area contributed by atoms with Gasteiger partial charge >= 0.3 is 5.97 Å². The number of hydrogen-bond donors (Lipinski definition) is 0. The lowest BCUT2D eigenvalue weighted by Crippen LogP contribution is -2.22. The molecule has 3 aromatic rings. The smallest absolute Gasteiger partial charge is 0.338 e. The zero-order valence-electron chi connectivity index (χ0n) is 17.5. The summed E-state index contributed by atoms with van der Waals surface area (Å²) in [5.74, 6) is -0.785. The maximum absolute atomic E-state index is 12.3. The van der Waals surface area contributed by atoms with E-state index in [-0.39, 0.29) is 23.8 Å². The number of carbonyl (C=O) groups excluding carboxylic acids is 2. The van der Waals surface area contributed by atoms with Crippen molar-refractivity contribution >= 4 is 39.7 Å². The summed E-state index contributed by atoms with van der Waals surface area (Å²) in [5, 5.41) is 13.1. The SMILES string of the molecule is CC(=O)N(c1ccc(C)c(C)c1)c1nc(COC(=O)c2ccc([N+](=O)[O-])c(C)c2)cs1. The second-order valence-corrected chi connectivity index (χ2v) is 7.92. The Balaban J connectivity index is 1.73. The molecule has 31 heavy (non-hydrogen) atoms. The van der Waals surface area contributed by atoms with Gasteiger partial charge in [-0.25, -0.2) is 9.78 Å². The quantitative estimate of drug-likeness (QED) is 0.304. The molecular formula is C22H21N3O5S. The largest absolute Gasteiger partial charge is 0.456 e. The molecule has 3 rings (SSSR count). The number of amides is 1. The van der Waals surface area contributed by atoms with Crippen LogP contribution >= 0.6 is 11.3 Å². The summed E-state index contributed by atoms with van der Waals surface area (Å²) in [5.41, 5.74) is 3.95. The number of ether oxygens (including phenoxy) is 1. The van der Waals surface area contributed by atoms with Crippen molar-refractivity contribution in [2.75, 3.05) is 4.90 Å². The molecule has 0 saturated carbocycles. The zero-order chi connectivity index (χ0) is 22.7. The van der Waals surface area contributed by atoms with E-state index in [1.807, 2.05) is 32.0 Å². The summed E-state index contributed by atoms with van der Waals surface area (Å²) >= 11 is 1.27. The van der Waals surface area contributed by atoms with E-state index in [4.69, 9.17) is 4.74 Å². The number of esters is 1. The minimum Gasteiger partial charge on any atom is -0.456 e. The standard InChI is InChI=1S/C22H21N3O5S/c1-13-5-7-19(10-14(13)2)24(16(4)26)22-23-18(12-31-22)11-30-21(27)17-6-8-20(25(28)29)15(3)9-17/h5-10,12H,11H2,1-4H3. The number of rotatable bonds is 6. The van der Waals surface area contributed by atoms with Crippen LogP contribution in [-0.2, 0) is 16.1 Å². The van der Waals surface area contributed by atoms with Crippen molar-refractivity contribution in [1.82, 2.24) is 4.98 Å². The molecule has 9 heteroatoms. The van der Waals surface area contributed by atoms with Gasteiger partial charge in [-0.1, -0.05) is 6.07 Å². The van der Waals surface area contributed by atoms with Gasteiger partial charge in [0, 0.05) is 23.9 Å². The molecule has 0 aliphatic heterocycles.